The molecule has 0 spiro atoms. The Hall–Kier alpha value is -1.31. The third-order valence-corrected chi connectivity index (χ3v) is 1.94. The Labute approximate surface area is 73.2 Å². The van der Waals surface area contributed by atoms with Gasteiger partial charge in [-0.05, 0) is 19.9 Å². The molecule has 1 aromatic heterocycles. The Morgan fingerprint density at radius 1 is 1.42 bits per heavy atom. The molecule has 0 aliphatic heterocycles. The van der Waals surface area contributed by atoms with Crippen molar-refractivity contribution in [2.75, 3.05) is 0 Å². The Kier molecular flexibility index (Phi) is 2.48. The van der Waals surface area contributed by atoms with Gasteiger partial charge in [0, 0.05) is 7.05 Å². The van der Waals surface area contributed by atoms with E-state index in [-0.39, 0.29) is 0 Å². The molecular formula is C10H14N2. The highest BCUT2D eigenvalue weighted by atomic mass is 15.1. The lowest BCUT2D eigenvalue weighted by atomic mass is 10.3. The van der Waals surface area contributed by atoms with Crippen LogP contribution in [0.1, 0.15) is 17.2 Å². The lowest BCUT2D eigenvalue weighted by Gasteiger charge is -1.97. The van der Waals surface area contributed by atoms with Gasteiger partial charge in [0.05, 0.1) is 11.4 Å². The van der Waals surface area contributed by atoms with Crippen molar-refractivity contribution in [2.24, 2.45) is 7.05 Å². The average molecular weight is 162 g/mol. The van der Waals surface area contributed by atoms with Gasteiger partial charge >= 0.3 is 0 Å². The van der Waals surface area contributed by atoms with E-state index in [1.54, 1.807) is 6.08 Å². The molecule has 0 saturated heterocycles. The zero-order valence-corrected chi connectivity index (χ0v) is 7.83. The second kappa shape index (κ2) is 3.39. The predicted octanol–water partition coefficient (Wildman–Crippen LogP) is 2.24. The molecule has 2 heteroatoms. The first-order valence-electron chi connectivity index (χ1n) is 3.96. The van der Waals surface area contributed by atoms with E-state index in [2.05, 4.69) is 16.1 Å². The second-order valence-corrected chi connectivity index (χ2v) is 2.78. The van der Waals surface area contributed by atoms with Crippen LogP contribution in [0.3, 0.4) is 0 Å². The topological polar surface area (TPSA) is 17.8 Å². The first kappa shape index (κ1) is 8.78. The average Bonchev–Trinajstić information content (AvgIpc) is 2.25. The summed E-state index contributed by atoms with van der Waals surface area (Å²) in [5.41, 5.74) is 2.21. The van der Waals surface area contributed by atoms with Crippen LogP contribution in [0.2, 0.25) is 0 Å². The molecule has 0 amide bonds. The minimum atomic E-state index is 1.04. The monoisotopic (exact) mass is 162 g/mol. The zero-order chi connectivity index (χ0) is 9.14. The van der Waals surface area contributed by atoms with E-state index in [0.29, 0.717) is 0 Å². The number of rotatable bonds is 2. The Bertz CT molecular complexity index is 319. The lowest BCUT2D eigenvalue weighted by molar-refractivity contribution is 0.849. The summed E-state index contributed by atoms with van der Waals surface area (Å²) in [7, 11) is 2.01. The molecule has 0 aromatic carbocycles. The fourth-order valence-corrected chi connectivity index (χ4v) is 1.18. The highest BCUT2D eigenvalue weighted by Crippen LogP contribution is 2.10. The van der Waals surface area contributed by atoms with Crippen molar-refractivity contribution in [1.29, 1.82) is 0 Å². The zero-order valence-electron chi connectivity index (χ0n) is 7.83. The molecule has 0 saturated carbocycles. The van der Waals surface area contributed by atoms with Crippen molar-refractivity contribution >= 4 is 6.08 Å². The van der Waals surface area contributed by atoms with Crippen LogP contribution in [0.5, 0.6) is 0 Å². The molecule has 0 aliphatic carbocycles. The van der Waals surface area contributed by atoms with Gasteiger partial charge in [-0.25, -0.2) is 4.98 Å². The third kappa shape index (κ3) is 1.47. The molecule has 1 aromatic rings. The summed E-state index contributed by atoms with van der Waals surface area (Å²) in [6.07, 6.45) is 5.70. The van der Waals surface area contributed by atoms with Gasteiger partial charge in [0.1, 0.15) is 5.82 Å². The molecule has 0 N–H and O–H groups in total. The van der Waals surface area contributed by atoms with Gasteiger partial charge in [0.15, 0.2) is 0 Å². The van der Waals surface area contributed by atoms with Crippen LogP contribution in [0.15, 0.2) is 18.7 Å². The summed E-state index contributed by atoms with van der Waals surface area (Å²) in [6.45, 7) is 7.63. The summed E-state index contributed by atoms with van der Waals surface area (Å²) >= 11 is 0. The van der Waals surface area contributed by atoms with Crippen LogP contribution in [0.25, 0.3) is 6.08 Å². The summed E-state index contributed by atoms with van der Waals surface area (Å²) < 4.78 is 2.06. The van der Waals surface area contributed by atoms with Crippen LogP contribution >= 0.6 is 0 Å². The molecule has 0 unspecified atom stereocenters. The maximum absolute atomic E-state index is 4.34. The van der Waals surface area contributed by atoms with E-state index >= 15 is 0 Å². The van der Waals surface area contributed by atoms with Crippen molar-refractivity contribution in [3.05, 3.63) is 35.9 Å². The molecule has 0 aliphatic rings. The lowest BCUT2D eigenvalue weighted by Crippen LogP contribution is -1.93. The molecular weight excluding hydrogens is 148 g/mol. The minimum Gasteiger partial charge on any atom is -0.332 e. The van der Waals surface area contributed by atoms with Gasteiger partial charge in [-0.2, -0.15) is 0 Å². The third-order valence-electron chi connectivity index (χ3n) is 1.94. The van der Waals surface area contributed by atoms with Gasteiger partial charge in [0.25, 0.3) is 0 Å². The predicted molar refractivity (Wildman–Crippen MR) is 51.9 cm³/mol. The van der Waals surface area contributed by atoms with E-state index in [9.17, 15) is 0 Å². The van der Waals surface area contributed by atoms with Crippen molar-refractivity contribution < 1.29 is 0 Å². The molecule has 12 heavy (non-hydrogen) atoms. The van der Waals surface area contributed by atoms with Crippen LogP contribution in [0.4, 0.5) is 0 Å². The summed E-state index contributed by atoms with van der Waals surface area (Å²) in [5.74, 6) is 1.04. The number of aryl methyl sites for hydroxylation is 2. The standard InChI is InChI=1S/C10H14N2/c1-5-6-7-10-8(2)11-9(3)12(10)4/h5-7H,1H2,2-4H3/b7-6-. The van der Waals surface area contributed by atoms with Gasteiger partial charge in [-0.15, -0.1) is 0 Å². The van der Waals surface area contributed by atoms with Crippen LogP contribution in [-0.4, -0.2) is 9.55 Å². The fourth-order valence-electron chi connectivity index (χ4n) is 1.18. The van der Waals surface area contributed by atoms with Gasteiger partial charge in [-0.3, -0.25) is 0 Å². The van der Waals surface area contributed by atoms with Gasteiger partial charge in [0.2, 0.25) is 0 Å². The first-order valence-corrected chi connectivity index (χ1v) is 3.96. The highest BCUT2D eigenvalue weighted by Gasteiger charge is 2.03. The van der Waals surface area contributed by atoms with Crippen LogP contribution in [-0.2, 0) is 7.05 Å². The quantitative estimate of drug-likeness (QED) is 0.610. The van der Waals surface area contributed by atoms with Crippen molar-refractivity contribution in [1.82, 2.24) is 9.55 Å². The highest BCUT2D eigenvalue weighted by molar-refractivity contribution is 5.50. The van der Waals surface area contributed by atoms with E-state index in [4.69, 9.17) is 0 Å². The van der Waals surface area contributed by atoms with Crippen molar-refractivity contribution in [3.63, 3.8) is 0 Å². The Morgan fingerprint density at radius 2 is 2.08 bits per heavy atom. The fraction of sp³-hybridized carbons (Fsp3) is 0.300. The normalized spacial score (nSPS) is 10.9. The SMILES string of the molecule is C=C/C=C\c1c(C)nc(C)n1C. The largest absolute Gasteiger partial charge is 0.332 e. The number of imidazole rings is 1. The molecule has 1 rings (SSSR count). The maximum Gasteiger partial charge on any atom is 0.106 e. The van der Waals surface area contributed by atoms with Gasteiger partial charge in [-0.1, -0.05) is 18.7 Å². The Balaban J connectivity index is 3.13. The summed E-state index contributed by atoms with van der Waals surface area (Å²) in [4.78, 5) is 4.34. The minimum absolute atomic E-state index is 1.04. The van der Waals surface area contributed by atoms with E-state index in [1.165, 1.54) is 0 Å². The van der Waals surface area contributed by atoms with Crippen molar-refractivity contribution in [2.45, 2.75) is 13.8 Å². The van der Waals surface area contributed by atoms with E-state index in [1.807, 2.05) is 33.0 Å². The first-order chi connectivity index (χ1) is 5.66. The smallest absolute Gasteiger partial charge is 0.106 e. The number of hydrogen-bond acceptors (Lipinski definition) is 1. The maximum atomic E-state index is 4.34. The number of allylic oxidation sites excluding steroid dienone is 2. The van der Waals surface area contributed by atoms with Crippen LogP contribution < -0.4 is 0 Å². The van der Waals surface area contributed by atoms with Crippen molar-refractivity contribution in [3.8, 4) is 0 Å². The molecule has 0 radical (unpaired) electrons. The molecule has 0 bridgehead atoms. The van der Waals surface area contributed by atoms with Crippen LogP contribution in [0, 0.1) is 13.8 Å². The molecule has 64 valence electrons. The summed E-state index contributed by atoms with van der Waals surface area (Å²) in [6, 6.07) is 0. The number of aromatic nitrogens is 2. The Morgan fingerprint density at radius 3 is 2.50 bits per heavy atom. The number of nitrogens with zero attached hydrogens (tertiary/aromatic N) is 2. The molecule has 0 fully saturated rings. The molecule has 1 heterocycles. The van der Waals surface area contributed by atoms with Gasteiger partial charge < -0.3 is 4.57 Å². The van der Waals surface area contributed by atoms with E-state index < -0.39 is 0 Å². The number of hydrogen-bond donors (Lipinski definition) is 0. The second-order valence-electron chi connectivity index (χ2n) is 2.78. The molecule has 2 nitrogen and oxygen atoms in total. The van der Waals surface area contributed by atoms with E-state index in [0.717, 1.165) is 17.2 Å². The summed E-state index contributed by atoms with van der Waals surface area (Å²) in [5, 5.41) is 0. The molecule has 0 atom stereocenters.